The number of hydrogen-bond donors (Lipinski definition) is 1. The Kier molecular flexibility index (Phi) is 5.98. The molecule has 0 spiro atoms. The zero-order valence-corrected chi connectivity index (χ0v) is 16.1. The van der Waals surface area contributed by atoms with E-state index in [4.69, 9.17) is 4.74 Å². The van der Waals surface area contributed by atoms with Crippen LogP contribution in [-0.2, 0) is 0 Å². The molecule has 0 unspecified atom stereocenters. The van der Waals surface area contributed by atoms with Gasteiger partial charge in [-0.15, -0.1) is 0 Å². The molecule has 0 saturated heterocycles. The summed E-state index contributed by atoms with van der Waals surface area (Å²) in [4.78, 5) is 37.1. The van der Waals surface area contributed by atoms with Gasteiger partial charge in [0.25, 0.3) is 17.3 Å². The molecule has 1 N–H and O–H groups in total. The van der Waals surface area contributed by atoms with Gasteiger partial charge in [0, 0.05) is 12.1 Å². The van der Waals surface area contributed by atoms with E-state index in [2.05, 4.69) is 17.2 Å². The molecule has 150 valence electrons. The molecule has 3 rings (SSSR count). The smallest absolute Gasteiger partial charge is 0.277 e. The van der Waals surface area contributed by atoms with Gasteiger partial charge in [-0.1, -0.05) is 24.7 Å². The van der Waals surface area contributed by atoms with E-state index >= 15 is 0 Å². The summed E-state index contributed by atoms with van der Waals surface area (Å²) in [5, 5.41) is 24.8. The molecule has 11 heteroatoms. The van der Waals surface area contributed by atoms with Crippen LogP contribution >= 0.6 is 11.3 Å². The minimum absolute atomic E-state index is 0.200. The molecule has 0 saturated carbocycles. The first-order chi connectivity index (χ1) is 13.9. The van der Waals surface area contributed by atoms with Crippen molar-refractivity contribution in [3.8, 4) is 5.75 Å². The number of carbonyl (C=O) groups is 1. The van der Waals surface area contributed by atoms with Gasteiger partial charge < -0.3 is 4.74 Å². The van der Waals surface area contributed by atoms with Crippen molar-refractivity contribution in [2.75, 3.05) is 11.9 Å². The number of benzene rings is 2. The molecular formula is C18H16N4O6S. The second-order valence-corrected chi connectivity index (χ2v) is 7.09. The highest BCUT2D eigenvalue weighted by Crippen LogP contribution is 2.30. The third kappa shape index (κ3) is 4.82. The van der Waals surface area contributed by atoms with Gasteiger partial charge in [-0.25, -0.2) is 4.98 Å². The summed E-state index contributed by atoms with van der Waals surface area (Å²) < 4.78 is 6.44. The number of aromatic nitrogens is 1. The maximum atomic E-state index is 12.5. The number of nitrogens with zero attached hydrogens (tertiary/aromatic N) is 3. The molecule has 0 radical (unpaired) electrons. The van der Waals surface area contributed by atoms with E-state index < -0.39 is 27.1 Å². The lowest BCUT2D eigenvalue weighted by atomic mass is 10.1. The van der Waals surface area contributed by atoms with Gasteiger partial charge in [0.2, 0.25) is 0 Å². The van der Waals surface area contributed by atoms with Crippen LogP contribution in [0.2, 0.25) is 0 Å². The van der Waals surface area contributed by atoms with Crippen molar-refractivity contribution in [1.29, 1.82) is 0 Å². The number of rotatable bonds is 8. The van der Waals surface area contributed by atoms with Gasteiger partial charge in [0.15, 0.2) is 5.13 Å². The Hall–Kier alpha value is -3.60. The van der Waals surface area contributed by atoms with Crippen LogP contribution in [0.1, 0.15) is 30.1 Å². The first kappa shape index (κ1) is 20.1. The third-order valence-electron chi connectivity index (χ3n) is 3.93. The van der Waals surface area contributed by atoms with E-state index in [0.717, 1.165) is 35.7 Å². The summed E-state index contributed by atoms with van der Waals surface area (Å²) in [5.74, 6) is -0.0305. The van der Waals surface area contributed by atoms with E-state index in [1.807, 2.05) is 6.07 Å². The number of ether oxygens (including phenoxy) is 1. The second-order valence-electron chi connectivity index (χ2n) is 6.06. The van der Waals surface area contributed by atoms with Crippen molar-refractivity contribution in [3.63, 3.8) is 0 Å². The normalized spacial score (nSPS) is 10.7. The molecule has 2 aromatic carbocycles. The van der Waals surface area contributed by atoms with E-state index in [1.54, 1.807) is 12.1 Å². The number of nitrogens with one attached hydrogen (secondary N) is 1. The summed E-state index contributed by atoms with van der Waals surface area (Å²) in [5.41, 5.74) is -0.628. The predicted molar refractivity (Wildman–Crippen MR) is 108 cm³/mol. The largest absolute Gasteiger partial charge is 0.494 e. The number of unbranched alkanes of at least 4 members (excludes halogenated alkanes) is 1. The molecule has 29 heavy (non-hydrogen) atoms. The van der Waals surface area contributed by atoms with E-state index in [9.17, 15) is 25.0 Å². The van der Waals surface area contributed by atoms with Gasteiger partial charge in [-0.3, -0.25) is 30.3 Å². The van der Waals surface area contributed by atoms with Crippen molar-refractivity contribution in [3.05, 3.63) is 62.2 Å². The summed E-state index contributed by atoms with van der Waals surface area (Å²) in [6, 6.07) is 8.13. The van der Waals surface area contributed by atoms with E-state index in [0.29, 0.717) is 17.9 Å². The van der Waals surface area contributed by atoms with Crippen LogP contribution in [0.4, 0.5) is 16.5 Å². The molecule has 10 nitrogen and oxygen atoms in total. The highest BCUT2D eigenvalue weighted by molar-refractivity contribution is 7.22. The lowest BCUT2D eigenvalue weighted by Gasteiger charge is -2.04. The van der Waals surface area contributed by atoms with Gasteiger partial charge in [0.05, 0.1) is 38.3 Å². The van der Waals surface area contributed by atoms with Crippen LogP contribution in [-0.4, -0.2) is 27.3 Å². The molecule has 0 aliphatic heterocycles. The zero-order chi connectivity index (χ0) is 21.0. The van der Waals surface area contributed by atoms with Gasteiger partial charge in [0.1, 0.15) is 5.75 Å². The minimum atomic E-state index is -0.790. The van der Waals surface area contributed by atoms with Crippen molar-refractivity contribution >= 4 is 44.0 Å². The Morgan fingerprint density at radius 2 is 1.83 bits per heavy atom. The monoisotopic (exact) mass is 416 g/mol. The Balaban J connectivity index is 1.82. The number of thiazole rings is 1. The van der Waals surface area contributed by atoms with Crippen molar-refractivity contribution in [2.24, 2.45) is 0 Å². The van der Waals surface area contributed by atoms with Crippen LogP contribution in [0.3, 0.4) is 0 Å². The molecule has 0 atom stereocenters. The minimum Gasteiger partial charge on any atom is -0.494 e. The number of nitro groups is 2. The van der Waals surface area contributed by atoms with Crippen LogP contribution in [0.15, 0.2) is 36.4 Å². The number of carbonyl (C=O) groups excluding carboxylic acids is 1. The fourth-order valence-electron chi connectivity index (χ4n) is 2.49. The number of fused-ring (bicyclic) bond motifs is 1. The number of nitro benzene ring substituents is 2. The fourth-order valence-corrected chi connectivity index (χ4v) is 3.38. The Bertz CT molecular complexity index is 1060. The van der Waals surface area contributed by atoms with E-state index in [-0.39, 0.29) is 10.7 Å². The first-order valence-electron chi connectivity index (χ1n) is 8.66. The summed E-state index contributed by atoms with van der Waals surface area (Å²) in [6.45, 7) is 2.68. The zero-order valence-electron chi connectivity index (χ0n) is 15.3. The van der Waals surface area contributed by atoms with Gasteiger partial charge >= 0.3 is 0 Å². The standard InChI is InChI=1S/C18H16N4O6S/c1-2-3-6-28-14-4-5-15-16(10-14)29-18(19-15)20-17(23)11-7-12(21(24)25)9-13(8-11)22(26)27/h4-5,7-10H,2-3,6H2,1H3,(H,19,20,23). The average molecular weight is 416 g/mol. The van der Waals surface area contributed by atoms with Crippen LogP contribution in [0, 0.1) is 20.2 Å². The number of hydrogen-bond acceptors (Lipinski definition) is 8. The predicted octanol–water partition coefficient (Wildman–Crippen LogP) is 4.54. The average Bonchev–Trinajstić information content (AvgIpc) is 3.09. The maximum Gasteiger partial charge on any atom is 0.277 e. The maximum absolute atomic E-state index is 12.5. The topological polar surface area (TPSA) is 138 Å². The van der Waals surface area contributed by atoms with Crippen molar-refractivity contribution < 1.29 is 19.4 Å². The molecule has 1 amide bonds. The SMILES string of the molecule is CCCCOc1ccc2nc(NC(=O)c3cc([N+](=O)[O-])cc([N+](=O)[O-])c3)sc2c1. The van der Waals surface area contributed by atoms with Crippen molar-refractivity contribution in [1.82, 2.24) is 4.98 Å². The second kappa shape index (κ2) is 8.61. The van der Waals surface area contributed by atoms with Gasteiger partial charge in [-0.2, -0.15) is 0 Å². The molecule has 0 fully saturated rings. The quantitative estimate of drug-likeness (QED) is 0.323. The highest BCUT2D eigenvalue weighted by atomic mass is 32.1. The summed E-state index contributed by atoms with van der Waals surface area (Å²) >= 11 is 1.20. The first-order valence-corrected chi connectivity index (χ1v) is 9.47. The molecule has 3 aromatic rings. The molecular weight excluding hydrogens is 400 g/mol. The summed E-state index contributed by atoms with van der Waals surface area (Å²) in [6.07, 6.45) is 1.96. The summed E-state index contributed by atoms with van der Waals surface area (Å²) in [7, 11) is 0. The molecule has 1 heterocycles. The van der Waals surface area contributed by atoms with Crippen LogP contribution < -0.4 is 10.1 Å². The Labute approximate surface area is 168 Å². The Morgan fingerprint density at radius 1 is 1.14 bits per heavy atom. The van der Waals surface area contributed by atoms with Crippen LogP contribution in [0.25, 0.3) is 10.2 Å². The lowest BCUT2D eigenvalue weighted by Crippen LogP contribution is -2.12. The number of non-ortho nitro benzene ring substituents is 2. The molecule has 0 aliphatic rings. The van der Waals surface area contributed by atoms with Gasteiger partial charge in [-0.05, 0) is 24.6 Å². The Morgan fingerprint density at radius 3 is 2.45 bits per heavy atom. The lowest BCUT2D eigenvalue weighted by molar-refractivity contribution is -0.394. The molecule has 0 aliphatic carbocycles. The van der Waals surface area contributed by atoms with Crippen molar-refractivity contribution in [2.45, 2.75) is 19.8 Å². The fraction of sp³-hybridized carbons (Fsp3) is 0.222. The molecule has 0 bridgehead atoms. The molecule has 1 aromatic heterocycles. The third-order valence-corrected chi connectivity index (χ3v) is 4.87. The van der Waals surface area contributed by atoms with E-state index in [1.165, 1.54) is 11.3 Å². The highest BCUT2D eigenvalue weighted by Gasteiger charge is 2.20. The number of anilines is 1. The number of amides is 1. The van der Waals surface area contributed by atoms with Crippen LogP contribution in [0.5, 0.6) is 5.75 Å².